The fraction of sp³-hybridized carbons (Fsp3) is 0.0345. The van der Waals surface area contributed by atoms with Crippen LogP contribution >= 0.6 is 0 Å². The Morgan fingerprint density at radius 1 is 0.207 bits per heavy atom. The summed E-state index contributed by atoms with van der Waals surface area (Å²) in [5, 5.41) is 12.5. The molecule has 0 amide bonds. The van der Waals surface area contributed by atoms with Crippen LogP contribution < -0.4 is 0 Å². The SMILES string of the molecule is Cc1cccc(-c2c3cc(-c4ccccc4)ccc3c(-c3cccc(C)c3)c3cc4c(cc23)c(-c2ccccc2)c(-c2ccc3ccccc3c2)c2ccccc24)c1. The Bertz CT molecular complexity index is 3390. The van der Waals surface area contributed by atoms with Crippen LogP contribution in [-0.2, 0) is 0 Å². The van der Waals surface area contributed by atoms with Crippen molar-refractivity contribution in [3.63, 3.8) is 0 Å². The van der Waals surface area contributed by atoms with Gasteiger partial charge in [0.15, 0.2) is 0 Å². The van der Waals surface area contributed by atoms with E-state index in [4.69, 9.17) is 0 Å². The van der Waals surface area contributed by atoms with Crippen molar-refractivity contribution in [3.8, 4) is 55.6 Å². The van der Waals surface area contributed by atoms with Gasteiger partial charge in [-0.2, -0.15) is 0 Å². The van der Waals surface area contributed by atoms with E-state index in [2.05, 4.69) is 220 Å². The van der Waals surface area contributed by atoms with E-state index in [-0.39, 0.29) is 0 Å². The Hall–Kier alpha value is -7.28. The summed E-state index contributed by atoms with van der Waals surface area (Å²) in [7, 11) is 0. The van der Waals surface area contributed by atoms with Crippen LogP contribution in [0.4, 0.5) is 0 Å². The smallest absolute Gasteiger partial charge is 0.00201 e. The zero-order chi connectivity index (χ0) is 38.7. The lowest BCUT2D eigenvalue weighted by Gasteiger charge is -2.23. The third-order valence-corrected chi connectivity index (χ3v) is 12.1. The van der Waals surface area contributed by atoms with E-state index in [1.807, 2.05) is 0 Å². The van der Waals surface area contributed by atoms with Gasteiger partial charge in [0.1, 0.15) is 0 Å². The van der Waals surface area contributed by atoms with E-state index in [1.54, 1.807) is 0 Å². The van der Waals surface area contributed by atoms with Crippen molar-refractivity contribution >= 4 is 53.9 Å². The molecule has 0 N–H and O–H groups in total. The number of benzene rings is 11. The van der Waals surface area contributed by atoms with Crippen LogP contribution in [0, 0.1) is 13.8 Å². The maximum atomic E-state index is 2.54. The number of fused-ring (bicyclic) bond motifs is 6. The van der Waals surface area contributed by atoms with Gasteiger partial charge in [0.05, 0.1) is 0 Å². The molecule has 0 saturated heterocycles. The van der Waals surface area contributed by atoms with Crippen molar-refractivity contribution in [1.82, 2.24) is 0 Å². The van der Waals surface area contributed by atoms with Crippen LogP contribution in [0.2, 0.25) is 0 Å². The highest BCUT2D eigenvalue weighted by Crippen LogP contribution is 2.51. The molecule has 11 rings (SSSR count). The molecule has 0 bridgehead atoms. The first-order chi connectivity index (χ1) is 28.6. The van der Waals surface area contributed by atoms with Crippen LogP contribution in [0.3, 0.4) is 0 Å². The summed E-state index contributed by atoms with van der Waals surface area (Å²) in [4.78, 5) is 0. The number of hydrogen-bond acceptors (Lipinski definition) is 0. The monoisotopic (exact) mass is 736 g/mol. The average molecular weight is 737 g/mol. The second-order valence-electron chi connectivity index (χ2n) is 15.8. The third kappa shape index (κ3) is 5.60. The maximum Gasteiger partial charge on any atom is -0.00201 e. The zero-order valence-corrected chi connectivity index (χ0v) is 32.6. The predicted octanol–water partition coefficient (Wildman–Crippen LogP) is 16.4. The number of aryl methyl sites for hydroxylation is 2. The topological polar surface area (TPSA) is 0 Å². The zero-order valence-electron chi connectivity index (χ0n) is 32.6. The van der Waals surface area contributed by atoms with Crippen molar-refractivity contribution in [2.24, 2.45) is 0 Å². The van der Waals surface area contributed by atoms with E-state index in [1.165, 1.54) is 121 Å². The fourth-order valence-corrected chi connectivity index (χ4v) is 9.49. The van der Waals surface area contributed by atoms with Crippen molar-refractivity contribution in [1.29, 1.82) is 0 Å². The minimum absolute atomic E-state index is 1.21. The molecule has 272 valence electrons. The maximum absolute atomic E-state index is 2.54. The molecule has 0 aliphatic carbocycles. The van der Waals surface area contributed by atoms with Crippen LogP contribution in [0.15, 0.2) is 206 Å². The van der Waals surface area contributed by atoms with E-state index in [0.717, 1.165) is 0 Å². The van der Waals surface area contributed by atoms with Crippen molar-refractivity contribution < 1.29 is 0 Å². The van der Waals surface area contributed by atoms with Gasteiger partial charge in [-0.25, -0.2) is 0 Å². The Morgan fingerprint density at radius 2 is 0.672 bits per heavy atom. The van der Waals surface area contributed by atoms with Gasteiger partial charge in [0.25, 0.3) is 0 Å². The van der Waals surface area contributed by atoms with Gasteiger partial charge in [-0.3, -0.25) is 0 Å². The highest BCUT2D eigenvalue weighted by molar-refractivity contribution is 6.29. The molecule has 0 aliphatic rings. The van der Waals surface area contributed by atoms with Gasteiger partial charge >= 0.3 is 0 Å². The molecule has 0 heteroatoms. The summed E-state index contributed by atoms with van der Waals surface area (Å²) >= 11 is 0. The van der Waals surface area contributed by atoms with Gasteiger partial charge in [0, 0.05) is 0 Å². The highest BCUT2D eigenvalue weighted by Gasteiger charge is 2.23. The molecule has 0 atom stereocenters. The second-order valence-corrected chi connectivity index (χ2v) is 15.8. The summed E-state index contributed by atoms with van der Waals surface area (Å²) in [6.07, 6.45) is 0. The summed E-state index contributed by atoms with van der Waals surface area (Å²) in [5.41, 5.74) is 14.9. The van der Waals surface area contributed by atoms with E-state index in [0.29, 0.717) is 0 Å². The van der Waals surface area contributed by atoms with E-state index in [9.17, 15) is 0 Å². The van der Waals surface area contributed by atoms with Crippen LogP contribution in [0.5, 0.6) is 0 Å². The molecule has 0 radical (unpaired) electrons. The quantitative estimate of drug-likeness (QED) is 0.122. The van der Waals surface area contributed by atoms with Gasteiger partial charge in [-0.15, -0.1) is 0 Å². The molecule has 0 aromatic heterocycles. The molecular weight excluding hydrogens is 697 g/mol. The van der Waals surface area contributed by atoms with Gasteiger partial charge in [-0.1, -0.05) is 193 Å². The minimum Gasteiger partial charge on any atom is -0.0622 e. The highest BCUT2D eigenvalue weighted by atomic mass is 14.3. The van der Waals surface area contributed by atoms with Crippen LogP contribution in [0.1, 0.15) is 11.1 Å². The summed E-state index contributed by atoms with van der Waals surface area (Å²) < 4.78 is 0. The van der Waals surface area contributed by atoms with Crippen molar-refractivity contribution in [2.45, 2.75) is 13.8 Å². The van der Waals surface area contributed by atoms with Crippen molar-refractivity contribution in [3.05, 3.63) is 217 Å². The molecule has 58 heavy (non-hydrogen) atoms. The van der Waals surface area contributed by atoms with E-state index >= 15 is 0 Å². The molecule has 11 aromatic rings. The van der Waals surface area contributed by atoms with Gasteiger partial charge in [-0.05, 0) is 148 Å². The molecule has 0 spiro atoms. The second kappa shape index (κ2) is 13.7. The standard InChI is InChI=1S/C58H40/c1-37-15-13-23-44(31-37)55-49-30-29-43(39-17-5-3-6-18-39)34-51(49)56(45-24-14-16-38(2)32-45)54-36-52-50(35-53(54)55)47-25-11-12-26-48(47)58(57(52)41-20-7-4-8-21-41)46-28-27-40-19-9-10-22-42(40)33-46/h3-36H,1-2H3. The average Bonchev–Trinajstić information content (AvgIpc) is 3.27. The molecule has 0 heterocycles. The van der Waals surface area contributed by atoms with Crippen LogP contribution in [0.25, 0.3) is 109 Å². The Morgan fingerprint density at radius 3 is 1.36 bits per heavy atom. The molecule has 0 aliphatic heterocycles. The lowest BCUT2D eigenvalue weighted by atomic mass is 9.80. The summed E-state index contributed by atoms with van der Waals surface area (Å²) in [6.45, 7) is 4.40. The first-order valence-corrected chi connectivity index (χ1v) is 20.2. The first-order valence-electron chi connectivity index (χ1n) is 20.2. The molecule has 0 unspecified atom stereocenters. The Labute approximate surface area is 339 Å². The normalized spacial score (nSPS) is 11.6. The number of rotatable bonds is 5. The lowest BCUT2D eigenvalue weighted by Crippen LogP contribution is -1.95. The largest absolute Gasteiger partial charge is 0.0622 e. The lowest BCUT2D eigenvalue weighted by molar-refractivity contribution is 1.47. The summed E-state index contributed by atoms with van der Waals surface area (Å²) in [6, 6.07) is 76.8. The fourth-order valence-electron chi connectivity index (χ4n) is 9.49. The molecular formula is C58H40. The minimum atomic E-state index is 1.21. The van der Waals surface area contributed by atoms with Crippen molar-refractivity contribution in [2.75, 3.05) is 0 Å². The summed E-state index contributed by atoms with van der Waals surface area (Å²) in [5.74, 6) is 0. The van der Waals surface area contributed by atoms with Gasteiger partial charge in [0.2, 0.25) is 0 Å². The predicted molar refractivity (Wildman–Crippen MR) is 251 cm³/mol. The first kappa shape index (κ1) is 34.0. The van der Waals surface area contributed by atoms with E-state index < -0.39 is 0 Å². The number of hydrogen-bond donors (Lipinski definition) is 0. The van der Waals surface area contributed by atoms with Crippen LogP contribution in [-0.4, -0.2) is 0 Å². The third-order valence-electron chi connectivity index (χ3n) is 12.1. The van der Waals surface area contributed by atoms with Gasteiger partial charge < -0.3 is 0 Å². The Kier molecular flexibility index (Phi) is 8.05. The Balaban J connectivity index is 1.38. The molecule has 11 aromatic carbocycles. The molecule has 0 nitrogen and oxygen atoms in total. The molecule has 0 saturated carbocycles. The molecule has 0 fully saturated rings.